The second-order valence-corrected chi connectivity index (χ2v) is 18.9. The molecule has 2 aliphatic carbocycles. The first-order chi connectivity index (χ1) is 30.8. The smallest absolute Gasteiger partial charge is 0.252 e. The average molecular weight is 805 g/mol. The zero-order valence-electron chi connectivity index (χ0n) is 36.0. The Bertz CT molecular complexity index is 3140. The lowest BCUT2D eigenvalue weighted by molar-refractivity contribution is 0.660. The molecule has 63 heavy (non-hydrogen) atoms. The number of nitrogens with zero attached hydrogens (tertiary/aromatic N) is 2. The van der Waals surface area contributed by atoms with Gasteiger partial charge in [0.1, 0.15) is 0 Å². The van der Waals surface area contributed by atoms with Crippen molar-refractivity contribution in [3.8, 4) is 44.5 Å². The Kier molecular flexibility index (Phi) is 7.54. The molecule has 0 fully saturated rings. The fraction of sp³-hybridized carbons (Fsp3) is 0.100. The van der Waals surface area contributed by atoms with Crippen LogP contribution in [0.25, 0.3) is 44.5 Å². The molecule has 0 atom stereocenters. The highest BCUT2D eigenvalue weighted by Gasteiger charge is 2.43. The maximum Gasteiger partial charge on any atom is 0.252 e. The largest absolute Gasteiger partial charge is 0.311 e. The predicted molar refractivity (Wildman–Crippen MR) is 266 cm³/mol. The monoisotopic (exact) mass is 804 g/mol. The van der Waals surface area contributed by atoms with Gasteiger partial charge >= 0.3 is 0 Å². The maximum absolute atomic E-state index is 2.49. The second kappa shape index (κ2) is 13.1. The van der Waals surface area contributed by atoms with Crippen molar-refractivity contribution >= 4 is 57.2 Å². The van der Waals surface area contributed by atoms with Gasteiger partial charge in [0.2, 0.25) is 0 Å². The Morgan fingerprint density at radius 3 is 1.14 bits per heavy atom. The molecule has 0 unspecified atom stereocenters. The molecule has 298 valence electrons. The van der Waals surface area contributed by atoms with Crippen LogP contribution in [0.15, 0.2) is 200 Å². The number of benzene rings is 9. The van der Waals surface area contributed by atoms with Crippen molar-refractivity contribution in [3.63, 3.8) is 0 Å². The molecule has 2 aliphatic heterocycles. The molecule has 0 saturated carbocycles. The molecule has 0 radical (unpaired) electrons. The Hall–Kier alpha value is -7.36. The molecular formula is C60H45BN2. The van der Waals surface area contributed by atoms with Crippen molar-refractivity contribution < 1.29 is 0 Å². The summed E-state index contributed by atoms with van der Waals surface area (Å²) in [5.41, 5.74) is 27.1. The average Bonchev–Trinajstić information content (AvgIpc) is 3.70. The van der Waals surface area contributed by atoms with Gasteiger partial charge in [-0.1, -0.05) is 167 Å². The predicted octanol–water partition coefficient (Wildman–Crippen LogP) is 13.7. The molecule has 0 bridgehead atoms. The minimum Gasteiger partial charge on any atom is -0.311 e. The minimum atomic E-state index is -0.0377. The lowest BCUT2D eigenvalue weighted by Gasteiger charge is -2.44. The molecule has 0 saturated heterocycles. The summed E-state index contributed by atoms with van der Waals surface area (Å²) in [6.45, 7) is 9.53. The number of para-hydroxylation sites is 2. The van der Waals surface area contributed by atoms with Gasteiger partial charge in [-0.05, 0) is 144 Å². The maximum atomic E-state index is 2.49. The van der Waals surface area contributed by atoms with Gasteiger partial charge in [-0.3, -0.25) is 0 Å². The van der Waals surface area contributed by atoms with Gasteiger partial charge in [0.25, 0.3) is 6.71 Å². The van der Waals surface area contributed by atoms with Crippen molar-refractivity contribution in [2.45, 2.75) is 38.5 Å². The molecule has 0 spiro atoms. The van der Waals surface area contributed by atoms with Crippen LogP contribution in [0.5, 0.6) is 0 Å². The minimum absolute atomic E-state index is 0.0377. The summed E-state index contributed by atoms with van der Waals surface area (Å²) in [6, 6.07) is 75.2. The summed E-state index contributed by atoms with van der Waals surface area (Å²) in [7, 11) is 0. The van der Waals surface area contributed by atoms with Gasteiger partial charge in [-0.2, -0.15) is 0 Å². The van der Waals surface area contributed by atoms with E-state index in [1.54, 1.807) is 0 Å². The topological polar surface area (TPSA) is 6.48 Å². The Morgan fingerprint density at radius 2 is 0.683 bits per heavy atom. The highest BCUT2D eigenvalue weighted by molar-refractivity contribution is 7.00. The van der Waals surface area contributed by atoms with E-state index >= 15 is 0 Å². The fourth-order valence-electron chi connectivity index (χ4n) is 11.8. The molecule has 13 rings (SSSR count). The van der Waals surface area contributed by atoms with Crippen LogP contribution in [0.4, 0.5) is 34.1 Å². The molecule has 0 aromatic heterocycles. The first kappa shape index (κ1) is 36.3. The van der Waals surface area contributed by atoms with E-state index in [1.165, 1.54) is 106 Å². The van der Waals surface area contributed by atoms with Crippen molar-refractivity contribution in [2.75, 3.05) is 9.80 Å². The van der Waals surface area contributed by atoms with Gasteiger partial charge in [0, 0.05) is 45.0 Å². The van der Waals surface area contributed by atoms with Crippen LogP contribution in [-0.4, -0.2) is 6.71 Å². The Balaban J connectivity index is 0.889. The van der Waals surface area contributed by atoms with Crippen LogP contribution >= 0.6 is 0 Å². The second-order valence-electron chi connectivity index (χ2n) is 18.9. The van der Waals surface area contributed by atoms with Crippen molar-refractivity contribution in [2.24, 2.45) is 0 Å². The van der Waals surface area contributed by atoms with E-state index in [2.05, 4.69) is 238 Å². The number of anilines is 6. The van der Waals surface area contributed by atoms with Crippen LogP contribution in [0.2, 0.25) is 0 Å². The normalized spacial score (nSPS) is 15.1. The summed E-state index contributed by atoms with van der Waals surface area (Å²) >= 11 is 0. The summed E-state index contributed by atoms with van der Waals surface area (Å²) in [5.74, 6) is 0. The van der Waals surface area contributed by atoms with Crippen molar-refractivity contribution in [1.29, 1.82) is 0 Å². The van der Waals surface area contributed by atoms with E-state index in [9.17, 15) is 0 Å². The van der Waals surface area contributed by atoms with Gasteiger partial charge in [-0.25, -0.2) is 0 Å². The van der Waals surface area contributed by atoms with Crippen LogP contribution in [0.1, 0.15) is 49.9 Å². The Morgan fingerprint density at radius 1 is 0.317 bits per heavy atom. The molecule has 3 heteroatoms. The number of hydrogen-bond acceptors (Lipinski definition) is 2. The SMILES string of the molecule is CC1(C)c2ccccc2-c2ccc(-c3ccc(N4c5ccccc5B5c6ccccc6N(c6ccc(-c7ccc8c(c7)C(C)(C)c7ccccc7-8)cc6)c6cccc4c65)cc3)cc21. The van der Waals surface area contributed by atoms with E-state index in [1.807, 2.05) is 0 Å². The zero-order valence-corrected chi connectivity index (χ0v) is 36.0. The van der Waals surface area contributed by atoms with Gasteiger partial charge in [0.15, 0.2) is 0 Å². The zero-order chi connectivity index (χ0) is 42.2. The lowest BCUT2D eigenvalue weighted by Crippen LogP contribution is -2.61. The number of fused-ring (bicyclic) bond motifs is 10. The Labute approximate surface area is 370 Å². The van der Waals surface area contributed by atoms with Gasteiger partial charge < -0.3 is 9.80 Å². The first-order valence-electron chi connectivity index (χ1n) is 22.4. The van der Waals surface area contributed by atoms with E-state index in [4.69, 9.17) is 0 Å². The van der Waals surface area contributed by atoms with E-state index in [0.717, 1.165) is 11.4 Å². The summed E-state index contributed by atoms with van der Waals surface area (Å²) in [5, 5.41) is 0. The molecule has 9 aromatic rings. The first-order valence-corrected chi connectivity index (χ1v) is 22.4. The van der Waals surface area contributed by atoms with Crippen molar-refractivity contribution in [1.82, 2.24) is 0 Å². The third-order valence-electron chi connectivity index (χ3n) is 14.9. The molecule has 9 aromatic carbocycles. The summed E-state index contributed by atoms with van der Waals surface area (Å²) < 4.78 is 0. The van der Waals surface area contributed by atoms with E-state index in [-0.39, 0.29) is 17.5 Å². The van der Waals surface area contributed by atoms with Crippen LogP contribution in [0.3, 0.4) is 0 Å². The van der Waals surface area contributed by atoms with Gasteiger partial charge in [-0.15, -0.1) is 0 Å². The molecular weight excluding hydrogens is 759 g/mol. The highest BCUT2D eigenvalue weighted by atomic mass is 15.2. The highest BCUT2D eigenvalue weighted by Crippen LogP contribution is 2.52. The summed E-state index contributed by atoms with van der Waals surface area (Å²) in [4.78, 5) is 4.97. The quantitative estimate of drug-likeness (QED) is 0.164. The number of hydrogen-bond donors (Lipinski definition) is 0. The fourth-order valence-corrected chi connectivity index (χ4v) is 11.8. The van der Waals surface area contributed by atoms with Gasteiger partial charge in [0.05, 0.1) is 0 Å². The van der Waals surface area contributed by atoms with Crippen LogP contribution < -0.4 is 26.2 Å². The molecule has 4 aliphatic rings. The molecule has 0 N–H and O–H groups in total. The third kappa shape index (κ3) is 5.08. The molecule has 2 heterocycles. The molecule has 2 nitrogen and oxygen atoms in total. The number of rotatable bonds is 4. The summed E-state index contributed by atoms with van der Waals surface area (Å²) in [6.07, 6.45) is 0. The lowest BCUT2D eigenvalue weighted by atomic mass is 9.33. The standard InChI is InChI=1S/C60H45BN2/c1-59(2)48-16-7-5-14-44(48)46-34-28-40(36-50(46)59)38-24-30-42(31-25-38)62-54-20-11-9-18-52(54)61-53-19-10-12-21-55(53)63(57-23-13-22-56(62)58(57)61)43-32-26-39(27-33-43)41-29-35-47-45-15-6-8-17-49(45)60(3,4)51(47)37-41/h5-37H,1-4H3. The van der Waals surface area contributed by atoms with Crippen LogP contribution in [0, 0.1) is 0 Å². The van der Waals surface area contributed by atoms with E-state index in [0.29, 0.717) is 0 Å². The van der Waals surface area contributed by atoms with Crippen LogP contribution in [-0.2, 0) is 10.8 Å². The van der Waals surface area contributed by atoms with E-state index < -0.39 is 0 Å². The van der Waals surface area contributed by atoms with Crippen molar-refractivity contribution in [3.05, 3.63) is 222 Å². The third-order valence-corrected chi connectivity index (χ3v) is 14.9. The molecule has 0 amide bonds.